The monoisotopic (exact) mass is 420 g/mol. The Bertz CT molecular complexity index is 313. The van der Waals surface area contributed by atoms with E-state index < -0.39 is 0 Å². The molecule has 0 aromatic heterocycles. The minimum Gasteiger partial charge on any atom is -1.00 e. The van der Waals surface area contributed by atoms with Crippen LogP contribution in [0.25, 0.3) is 0 Å². The molecule has 0 aliphatic rings. The van der Waals surface area contributed by atoms with Crippen LogP contribution in [-0.2, 0) is 0 Å². The van der Waals surface area contributed by atoms with Crippen molar-refractivity contribution < 1.29 is 22.3 Å². The molecule has 0 bridgehead atoms. The van der Waals surface area contributed by atoms with E-state index >= 15 is 0 Å². The Morgan fingerprint density at radius 3 is 1.39 bits per heavy atom. The molecule has 4 heteroatoms. The highest BCUT2D eigenvalue weighted by Gasteiger charge is 2.35. The van der Waals surface area contributed by atoms with Gasteiger partial charge in [-0.15, -0.1) is 0 Å². The Balaban J connectivity index is 0. The third-order valence-corrected chi connectivity index (χ3v) is 6.40. The Hall–Kier alpha value is 0.170. The molecule has 0 radical (unpaired) electrons. The summed E-state index contributed by atoms with van der Waals surface area (Å²) in [7, 11) is 3.79. The van der Waals surface area contributed by atoms with Crippen LogP contribution in [0.2, 0.25) is 0 Å². The number of halogens is 1. The van der Waals surface area contributed by atoms with E-state index in [9.17, 15) is 5.21 Å². The van der Waals surface area contributed by atoms with Gasteiger partial charge in [0.05, 0.1) is 14.1 Å². The fraction of sp³-hybridized carbons (Fsp3) is 1.00. The quantitative estimate of drug-likeness (QED) is 0.193. The molecule has 0 spiro atoms. The molecule has 3 nitrogen and oxygen atoms in total. The van der Waals surface area contributed by atoms with Crippen molar-refractivity contribution in [2.75, 3.05) is 33.7 Å². The van der Waals surface area contributed by atoms with Crippen molar-refractivity contribution in [1.29, 1.82) is 0 Å². The van der Waals surface area contributed by atoms with Gasteiger partial charge in [0, 0.05) is 6.42 Å². The second-order valence-corrected chi connectivity index (χ2v) is 9.69. The molecule has 0 aromatic rings. The largest absolute Gasteiger partial charge is 1.00 e. The molecule has 28 heavy (non-hydrogen) atoms. The molecule has 0 fully saturated rings. The second kappa shape index (κ2) is 18.0. The Kier molecular flexibility index (Phi) is 19.5. The summed E-state index contributed by atoms with van der Waals surface area (Å²) in [5, 5.41) is 10.3. The van der Waals surface area contributed by atoms with Gasteiger partial charge < -0.3 is 17.3 Å². The number of hydrogen-bond donors (Lipinski definition) is 1. The highest BCUT2D eigenvalue weighted by Crippen LogP contribution is 2.23. The Morgan fingerprint density at radius 2 is 1.00 bits per heavy atom. The first-order valence-electron chi connectivity index (χ1n) is 12.0. The number of hydrogen-bond acceptors (Lipinski definition) is 2. The van der Waals surface area contributed by atoms with E-state index in [0.717, 1.165) is 6.42 Å². The Labute approximate surface area is 184 Å². The molecule has 0 unspecified atom stereocenters. The maximum Gasteiger partial charge on any atom is 0.123 e. The van der Waals surface area contributed by atoms with E-state index in [1.807, 2.05) is 14.1 Å². The lowest BCUT2D eigenvalue weighted by Gasteiger charge is -2.37. The zero-order valence-corrected chi connectivity index (χ0v) is 21.0. The lowest BCUT2D eigenvalue weighted by Crippen LogP contribution is -3.00. The zero-order valence-electron chi connectivity index (χ0n) is 20.2. The minimum absolute atomic E-state index is 0. The van der Waals surface area contributed by atoms with Gasteiger partial charge in [-0.2, -0.15) is 4.65 Å². The molecule has 0 rings (SSSR count). The van der Waals surface area contributed by atoms with Crippen LogP contribution in [0.4, 0.5) is 0 Å². The maximum absolute atomic E-state index is 10.3. The first-order chi connectivity index (χ1) is 12.7. The fourth-order valence-corrected chi connectivity index (χ4v) is 3.58. The van der Waals surface area contributed by atoms with E-state index in [-0.39, 0.29) is 22.6 Å². The van der Waals surface area contributed by atoms with Crippen molar-refractivity contribution in [3.05, 3.63) is 0 Å². The van der Waals surface area contributed by atoms with Gasteiger partial charge in [0.2, 0.25) is 0 Å². The summed E-state index contributed by atoms with van der Waals surface area (Å²) in [4.78, 5) is 2.70. The Morgan fingerprint density at radius 1 is 0.643 bits per heavy atom. The molecule has 0 aliphatic carbocycles. The van der Waals surface area contributed by atoms with Gasteiger partial charge in [-0.3, -0.25) is 0 Å². The maximum atomic E-state index is 10.3. The van der Waals surface area contributed by atoms with Crippen molar-refractivity contribution in [2.45, 2.75) is 123 Å². The summed E-state index contributed by atoms with van der Waals surface area (Å²) in [6, 6.07) is 0. The van der Waals surface area contributed by atoms with E-state index in [0.29, 0.717) is 0 Å². The molecule has 1 N–H and O–H groups in total. The number of nitrogens with zero attached hydrogens (tertiary/aromatic N) is 2. The van der Waals surface area contributed by atoms with Gasteiger partial charge in [-0.25, -0.2) is 5.21 Å². The van der Waals surface area contributed by atoms with Crippen molar-refractivity contribution in [3.8, 4) is 0 Å². The summed E-state index contributed by atoms with van der Waals surface area (Å²) in [6.07, 6.45) is 18.8. The van der Waals surface area contributed by atoms with Crippen LogP contribution < -0.4 is 12.4 Å². The summed E-state index contributed by atoms with van der Waals surface area (Å²) in [6.45, 7) is 12.6. The van der Waals surface area contributed by atoms with Crippen molar-refractivity contribution in [1.82, 2.24) is 4.90 Å². The number of rotatable bonds is 19. The predicted octanol–water partition coefficient (Wildman–Crippen LogP) is 4.04. The van der Waals surface area contributed by atoms with E-state index in [4.69, 9.17) is 0 Å². The van der Waals surface area contributed by atoms with Gasteiger partial charge in [-0.05, 0) is 52.7 Å². The first-order valence-corrected chi connectivity index (χ1v) is 12.0. The number of quaternary nitrogens is 1. The molecule has 0 heterocycles. The van der Waals surface area contributed by atoms with E-state index in [1.165, 1.54) is 103 Å². The van der Waals surface area contributed by atoms with Crippen LogP contribution in [-0.4, -0.2) is 54.0 Å². The van der Waals surface area contributed by atoms with Crippen LogP contribution in [0.3, 0.4) is 0 Å². The van der Waals surface area contributed by atoms with Crippen molar-refractivity contribution >= 4 is 0 Å². The van der Waals surface area contributed by atoms with Gasteiger partial charge in [0.25, 0.3) is 0 Å². The molecule has 0 saturated carbocycles. The highest BCUT2D eigenvalue weighted by atomic mass is 35.5. The standard InChI is InChI=1S/C24H53N2O.ClH/c1-7-9-11-13-15-17-21-25(22-18-16-14-12-10-8-2)23-19-20-24(3,4)26(5,6)27;/h27H,7-23H2,1-6H3;1H/q+1;/p-1. The van der Waals surface area contributed by atoms with Crippen LogP contribution in [0.5, 0.6) is 0 Å². The predicted molar refractivity (Wildman–Crippen MR) is 120 cm³/mol. The lowest BCUT2D eigenvalue weighted by molar-refractivity contribution is -1.11. The molecule has 0 aromatic carbocycles. The lowest BCUT2D eigenvalue weighted by atomic mass is 9.96. The van der Waals surface area contributed by atoms with Gasteiger partial charge in [0.1, 0.15) is 5.54 Å². The third-order valence-electron chi connectivity index (χ3n) is 6.40. The zero-order chi connectivity index (χ0) is 20.6. The average Bonchev–Trinajstić information content (AvgIpc) is 2.59. The molecular formula is C24H53ClN2O. The average molecular weight is 421 g/mol. The highest BCUT2D eigenvalue weighted by molar-refractivity contribution is 4.69. The molecule has 0 amide bonds. The number of hydroxylamine groups is 3. The summed E-state index contributed by atoms with van der Waals surface area (Å²) in [5.74, 6) is 0. The van der Waals surface area contributed by atoms with E-state index in [2.05, 4.69) is 32.6 Å². The summed E-state index contributed by atoms with van der Waals surface area (Å²) >= 11 is 0. The molecule has 0 saturated heterocycles. The van der Waals surface area contributed by atoms with Crippen LogP contribution in [0.15, 0.2) is 0 Å². The summed E-state index contributed by atoms with van der Waals surface area (Å²) < 4.78 is 0.0574. The first kappa shape index (κ1) is 30.4. The molecule has 0 atom stereocenters. The third kappa shape index (κ3) is 16.0. The molecular weight excluding hydrogens is 368 g/mol. The van der Waals surface area contributed by atoms with Gasteiger partial charge in [0.15, 0.2) is 0 Å². The summed E-state index contributed by atoms with van der Waals surface area (Å²) in [5.41, 5.74) is -0.0774. The molecule has 172 valence electrons. The van der Waals surface area contributed by atoms with Crippen molar-refractivity contribution in [3.63, 3.8) is 0 Å². The normalized spacial score (nSPS) is 12.4. The minimum atomic E-state index is -0.0774. The van der Waals surface area contributed by atoms with Gasteiger partial charge >= 0.3 is 0 Å². The second-order valence-electron chi connectivity index (χ2n) is 9.69. The van der Waals surface area contributed by atoms with Crippen LogP contribution in [0, 0.1) is 0 Å². The fourth-order valence-electron chi connectivity index (χ4n) is 3.58. The van der Waals surface area contributed by atoms with Crippen LogP contribution in [0.1, 0.15) is 118 Å². The smallest absolute Gasteiger partial charge is 0.123 e. The van der Waals surface area contributed by atoms with E-state index in [1.54, 1.807) is 0 Å². The topological polar surface area (TPSA) is 23.5 Å². The number of unbranched alkanes of at least 4 members (excludes halogenated alkanes) is 10. The molecule has 0 aliphatic heterocycles. The van der Waals surface area contributed by atoms with Gasteiger partial charge in [-0.1, -0.05) is 78.1 Å². The SMILES string of the molecule is CCCCCCCCN(CCCCCCCC)CCCC(C)(C)[N+](C)(C)O.[Cl-]. The van der Waals surface area contributed by atoms with Crippen molar-refractivity contribution in [2.24, 2.45) is 0 Å². The van der Waals surface area contributed by atoms with Crippen LogP contribution >= 0.6 is 0 Å².